The number of nitrogens with zero attached hydrogens (tertiary/aromatic N) is 1. The molecule has 4 amide bonds. The summed E-state index contributed by atoms with van der Waals surface area (Å²) in [5, 5.41) is 16.0. The molecule has 1 aromatic carbocycles. The Morgan fingerprint density at radius 1 is 1.11 bits per heavy atom. The van der Waals surface area contributed by atoms with Crippen LogP contribution in [0.2, 0.25) is 0 Å². The molecule has 0 aliphatic heterocycles. The van der Waals surface area contributed by atoms with Crippen molar-refractivity contribution in [2.24, 2.45) is 5.73 Å². The molecule has 10 nitrogen and oxygen atoms in total. The topological polar surface area (TPSA) is 151 Å². The number of nitrogens with two attached hydrogens (primary N) is 1. The third-order valence-electron chi connectivity index (χ3n) is 5.32. The monoisotopic (exact) mass is 506 g/mol. The highest BCUT2D eigenvalue weighted by molar-refractivity contribution is 5.93. The van der Waals surface area contributed by atoms with Crippen LogP contribution in [0.15, 0.2) is 24.3 Å². The Hall–Kier alpha value is -3.30. The number of nitrogens with one attached hydrogen (secondary N) is 2. The summed E-state index contributed by atoms with van der Waals surface area (Å²) in [5.74, 6) is -1.84. The molecule has 0 aliphatic carbocycles. The number of ether oxygens (including phenoxy) is 1. The molecule has 2 atom stereocenters. The summed E-state index contributed by atoms with van der Waals surface area (Å²) in [4.78, 5) is 52.5. The van der Waals surface area contributed by atoms with E-state index in [-0.39, 0.29) is 24.2 Å². The highest BCUT2D eigenvalue weighted by atomic mass is 16.6. The lowest BCUT2D eigenvalue weighted by atomic mass is 9.99. The molecule has 0 radical (unpaired) electrons. The summed E-state index contributed by atoms with van der Waals surface area (Å²) in [6, 6.07) is 3.45. The summed E-state index contributed by atoms with van der Waals surface area (Å²) in [5.41, 5.74) is 4.74. The number of hydrogen-bond acceptors (Lipinski definition) is 6. The van der Waals surface area contributed by atoms with Crippen molar-refractivity contribution in [3.63, 3.8) is 0 Å². The van der Waals surface area contributed by atoms with Gasteiger partial charge in [0.25, 0.3) is 0 Å². The van der Waals surface area contributed by atoms with Gasteiger partial charge < -0.3 is 31.1 Å². The fourth-order valence-corrected chi connectivity index (χ4v) is 3.67. The van der Waals surface area contributed by atoms with E-state index >= 15 is 0 Å². The molecule has 36 heavy (non-hydrogen) atoms. The van der Waals surface area contributed by atoms with Gasteiger partial charge in [0.1, 0.15) is 23.4 Å². The normalized spacial score (nSPS) is 13.0. The third-order valence-corrected chi connectivity index (χ3v) is 5.32. The van der Waals surface area contributed by atoms with Crippen molar-refractivity contribution in [1.29, 1.82) is 0 Å². The molecule has 2 unspecified atom stereocenters. The van der Waals surface area contributed by atoms with Gasteiger partial charge in [-0.15, -0.1) is 0 Å². The third kappa shape index (κ3) is 10.1. The van der Waals surface area contributed by atoms with Crippen LogP contribution in [0.3, 0.4) is 0 Å². The minimum atomic E-state index is -1.18. The van der Waals surface area contributed by atoms with E-state index in [4.69, 9.17) is 10.5 Å². The molecule has 0 aliphatic rings. The van der Waals surface area contributed by atoms with Crippen molar-refractivity contribution in [3.05, 3.63) is 29.8 Å². The lowest BCUT2D eigenvalue weighted by Crippen LogP contribution is -2.55. The van der Waals surface area contributed by atoms with Crippen molar-refractivity contribution >= 4 is 23.8 Å². The van der Waals surface area contributed by atoms with Crippen molar-refractivity contribution < 1.29 is 29.0 Å². The number of aromatic hydroxyl groups is 1. The van der Waals surface area contributed by atoms with Gasteiger partial charge in [-0.25, -0.2) is 4.79 Å². The number of unbranched alkanes of at least 4 members (excludes halogenated alkanes) is 2. The summed E-state index contributed by atoms with van der Waals surface area (Å²) >= 11 is 0. The Balaban J connectivity index is 3.41. The lowest BCUT2D eigenvalue weighted by molar-refractivity contribution is -0.144. The lowest BCUT2D eigenvalue weighted by Gasteiger charge is -2.37. The van der Waals surface area contributed by atoms with Gasteiger partial charge in [0.05, 0.1) is 0 Å². The molecule has 0 fully saturated rings. The fourth-order valence-electron chi connectivity index (χ4n) is 3.67. The number of benzene rings is 1. The summed E-state index contributed by atoms with van der Waals surface area (Å²) in [6.07, 6.45) is 1.60. The van der Waals surface area contributed by atoms with Crippen LogP contribution in [0.25, 0.3) is 0 Å². The van der Waals surface area contributed by atoms with Crippen LogP contribution < -0.4 is 16.4 Å². The number of amides is 4. The molecule has 10 heteroatoms. The van der Waals surface area contributed by atoms with E-state index in [2.05, 4.69) is 17.6 Å². The predicted molar refractivity (Wildman–Crippen MR) is 137 cm³/mol. The van der Waals surface area contributed by atoms with Crippen LogP contribution in [0, 0.1) is 0 Å². The molecule has 0 saturated heterocycles. The van der Waals surface area contributed by atoms with Gasteiger partial charge in [0.2, 0.25) is 17.7 Å². The number of phenolic OH excluding ortho intramolecular Hbond substituents is 1. The van der Waals surface area contributed by atoms with E-state index < -0.39 is 47.5 Å². The predicted octanol–water partition coefficient (Wildman–Crippen LogP) is 3.14. The molecule has 1 aromatic rings. The zero-order valence-corrected chi connectivity index (χ0v) is 22.3. The van der Waals surface area contributed by atoms with Gasteiger partial charge in [-0.2, -0.15) is 0 Å². The quantitative estimate of drug-likeness (QED) is 0.302. The summed E-state index contributed by atoms with van der Waals surface area (Å²) < 4.78 is 5.30. The maximum absolute atomic E-state index is 13.8. The van der Waals surface area contributed by atoms with Crippen LogP contribution in [0.4, 0.5) is 4.79 Å². The molecular formula is C26H42N4O6. The van der Waals surface area contributed by atoms with E-state index in [0.717, 1.165) is 19.3 Å². The van der Waals surface area contributed by atoms with E-state index in [1.54, 1.807) is 52.8 Å². The molecule has 0 saturated carbocycles. The Kier molecular flexibility index (Phi) is 12.2. The largest absolute Gasteiger partial charge is 0.508 e. The smallest absolute Gasteiger partial charge is 0.408 e. The Bertz CT molecular complexity index is 897. The van der Waals surface area contributed by atoms with E-state index in [1.165, 1.54) is 11.0 Å². The zero-order valence-electron chi connectivity index (χ0n) is 22.3. The second-order valence-corrected chi connectivity index (χ2v) is 10.0. The molecule has 0 spiro atoms. The van der Waals surface area contributed by atoms with Crippen molar-refractivity contribution in [2.45, 2.75) is 97.4 Å². The van der Waals surface area contributed by atoms with Crippen molar-refractivity contribution in [2.75, 3.05) is 6.54 Å². The van der Waals surface area contributed by atoms with Gasteiger partial charge in [-0.1, -0.05) is 38.0 Å². The van der Waals surface area contributed by atoms with Crippen LogP contribution in [-0.4, -0.2) is 58.1 Å². The first-order valence-corrected chi connectivity index (χ1v) is 12.4. The van der Waals surface area contributed by atoms with E-state index in [1.807, 2.05) is 0 Å². The number of rotatable bonds is 13. The van der Waals surface area contributed by atoms with Crippen molar-refractivity contribution in [3.8, 4) is 5.75 Å². The molecule has 5 N–H and O–H groups in total. The summed E-state index contributed by atoms with van der Waals surface area (Å²) in [7, 11) is 0. The molecule has 202 valence electrons. The van der Waals surface area contributed by atoms with Crippen LogP contribution >= 0.6 is 0 Å². The minimum absolute atomic E-state index is 0.0811. The van der Waals surface area contributed by atoms with Gasteiger partial charge in [0, 0.05) is 24.6 Å². The Morgan fingerprint density at radius 2 is 1.75 bits per heavy atom. The molecule has 0 bridgehead atoms. The number of primary amides is 1. The number of carbonyl (C=O) groups excluding carboxylic acids is 4. The average molecular weight is 507 g/mol. The molecular weight excluding hydrogens is 464 g/mol. The van der Waals surface area contributed by atoms with Gasteiger partial charge in [-0.3, -0.25) is 14.4 Å². The first-order chi connectivity index (χ1) is 16.8. The SMILES string of the molecule is CCCCCNC(=O)C(c1ccccc1O)N(C(=O)C(CCC(N)=O)NC(=O)OC(C)(C)C)C(C)C. The van der Waals surface area contributed by atoms with Crippen LogP contribution in [-0.2, 0) is 19.1 Å². The zero-order chi connectivity index (χ0) is 27.5. The number of phenols is 1. The second kappa shape index (κ2) is 14.3. The Labute approximate surface area is 213 Å². The van der Waals surface area contributed by atoms with E-state index in [0.29, 0.717) is 6.54 Å². The first-order valence-electron chi connectivity index (χ1n) is 12.4. The highest BCUT2D eigenvalue weighted by Gasteiger charge is 2.38. The Morgan fingerprint density at radius 3 is 2.28 bits per heavy atom. The van der Waals surface area contributed by atoms with Gasteiger partial charge >= 0.3 is 6.09 Å². The number of hydrogen-bond donors (Lipinski definition) is 4. The maximum atomic E-state index is 13.8. The first kappa shape index (κ1) is 30.7. The number of para-hydroxylation sites is 1. The molecule has 0 aromatic heterocycles. The number of carbonyl (C=O) groups is 4. The number of alkyl carbamates (subject to hydrolysis) is 1. The highest BCUT2D eigenvalue weighted by Crippen LogP contribution is 2.31. The standard InChI is InChI=1S/C26H42N4O6/c1-7-8-11-16-28-23(33)22(18-12-9-10-13-20(18)31)30(17(2)3)24(34)19(14-15-21(27)32)29-25(35)36-26(4,5)6/h9-10,12-13,17,19,22,31H,7-8,11,14-16H2,1-6H3,(H2,27,32)(H,28,33)(H,29,35). The maximum Gasteiger partial charge on any atom is 0.408 e. The molecule has 1 rings (SSSR count). The summed E-state index contributed by atoms with van der Waals surface area (Å²) in [6.45, 7) is 11.0. The van der Waals surface area contributed by atoms with Crippen LogP contribution in [0.1, 0.15) is 85.3 Å². The van der Waals surface area contributed by atoms with Gasteiger partial charge in [-0.05, 0) is 53.5 Å². The second-order valence-electron chi connectivity index (χ2n) is 10.0. The minimum Gasteiger partial charge on any atom is -0.508 e. The molecule has 0 heterocycles. The van der Waals surface area contributed by atoms with E-state index in [9.17, 15) is 24.3 Å². The van der Waals surface area contributed by atoms with Crippen molar-refractivity contribution in [1.82, 2.24) is 15.5 Å². The fraction of sp³-hybridized carbons (Fsp3) is 0.615. The van der Waals surface area contributed by atoms with Gasteiger partial charge in [0.15, 0.2) is 0 Å². The van der Waals surface area contributed by atoms with Crippen LogP contribution in [0.5, 0.6) is 5.75 Å². The average Bonchev–Trinajstić information content (AvgIpc) is 2.76.